The highest BCUT2D eigenvalue weighted by Crippen LogP contribution is 2.46. The molecule has 1 aliphatic heterocycles. The van der Waals surface area contributed by atoms with Crippen LogP contribution in [0.5, 0.6) is 0 Å². The number of para-hydroxylation sites is 1. The molecule has 0 atom stereocenters. The predicted octanol–water partition coefficient (Wildman–Crippen LogP) is 4.80. The molecule has 9 heteroatoms. The van der Waals surface area contributed by atoms with Gasteiger partial charge in [0.25, 0.3) is 0 Å². The van der Waals surface area contributed by atoms with Crippen molar-refractivity contribution in [2.24, 2.45) is 0 Å². The first-order valence-corrected chi connectivity index (χ1v) is 11.4. The van der Waals surface area contributed by atoms with Crippen molar-refractivity contribution in [3.63, 3.8) is 0 Å². The second kappa shape index (κ2) is 8.35. The van der Waals surface area contributed by atoms with Gasteiger partial charge in [-0.25, -0.2) is 9.10 Å². The largest absolute Gasteiger partial charge is 0.444 e. The van der Waals surface area contributed by atoms with E-state index in [1.165, 1.54) is 13.5 Å². The van der Waals surface area contributed by atoms with E-state index in [0.29, 0.717) is 35.1 Å². The van der Waals surface area contributed by atoms with E-state index in [9.17, 15) is 13.2 Å². The zero-order valence-corrected chi connectivity index (χ0v) is 19.1. The molecule has 0 N–H and O–H groups in total. The number of carbonyl (C=O) groups excluding carboxylic acids is 1. The van der Waals surface area contributed by atoms with Crippen LogP contribution >= 0.6 is 11.6 Å². The maximum Gasteiger partial charge on any atom is 0.410 e. The first-order chi connectivity index (χ1) is 14.0. The molecule has 7 nitrogen and oxygen atoms in total. The second-order valence-electron chi connectivity index (χ2n) is 8.07. The normalized spacial score (nSPS) is 15.1. The molecule has 1 heterocycles. The minimum Gasteiger partial charge on any atom is -0.444 e. The van der Waals surface area contributed by atoms with Crippen LogP contribution in [0.4, 0.5) is 21.9 Å². The molecule has 0 aromatic heterocycles. The number of hydrogen-bond acceptors (Lipinski definition) is 4. The van der Waals surface area contributed by atoms with Crippen LogP contribution in [-0.2, 0) is 14.9 Å². The van der Waals surface area contributed by atoms with Crippen LogP contribution < -0.4 is 8.61 Å². The van der Waals surface area contributed by atoms with Crippen LogP contribution in [0.3, 0.4) is 0 Å². The van der Waals surface area contributed by atoms with Crippen molar-refractivity contribution < 1.29 is 17.9 Å². The Balaban J connectivity index is 1.80. The number of hydrogen-bond donors (Lipinski definition) is 0. The van der Waals surface area contributed by atoms with E-state index in [-0.39, 0.29) is 6.54 Å². The fraction of sp³-hybridized carbons (Fsp3) is 0.381. The molecule has 2 aromatic carbocycles. The van der Waals surface area contributed by atoms with Gasteiger partial charge in [0.2, 0.25) is 0 Å². The number of benzene rings is 2. The fourth-order valence-electron chi connectivity index (χ4n) is 3.17. The van der Waals surface area contributed by atoms with Crippen molar-refractivity contribution in [3.8, 4) is 0 Å². The zero-order valence-electron chi connectivity index (χ0n) is 17.5. The van der Waals surface area contributed by atoms with Crippen molar-refractivity contribution in [1.82, 2.24) is 4.90 Å². The van der Waals surface area contributed by atoms with Gasteiger partial charge in [-0.2, -0.15) is 8.42 Å². The molecule has 1 aliphatic rings. The Kier molecular flexibility index (Phi) is 6.19. The first-order valence-electron chi connectivity index (χ1n) is 9.62. The quantitative estimate of drug-likeness (QED) is 0.654. The van der Waals surface area contributed by atoms with Gasteiger partial charge in [-0.15, -0.1) is 0 Å². The monoisotopic (exact) mass is 451 g/mol. The third kappa shape index (κ3) is 4.65. The summed E-state index contributed by atoms with van der Waals surface area (Å²) in [5, 5.41) is 0.455. The Hall–Kier alpha value is -2.45. The maximum atomic E-state index is 13.4. The number of carbonyl (C=O) groups is 1. The second-order valence-corrected chi connectivity index (χ2v) is 10.2. The molecular weight excluding hydrogens is 426 g/mol. The lowest BCUT2D eigenvalue weighted by atomic mass is 10.2. The van der Waals surface area contributed by atoms with Crippen LogP contribution in [0, 0.1) is 0 Å². The lowest BCUT2D eigenvalue weighted by molar-refractivity contribution is 0.0298. The molecule has 0 saturated heterocycles. The SMILES string of the molecule is CN(CCCN1c2ccc(Cl)cc2N(c2ccccc2)S1(=O)=O)C(=O)OC(C)(C)C. The number of amides is 1. The summed E-state index contributed by atoms with van der Waals surface area (Å²) in [6.07, 6.45) is 0.00418. The van der Waals surface area contributed by atoms with Gasteiger partial charge >= 0.3 is 16.3 Å². The molecule has 0 spiro atoms. The van der Waals surface area contributed by atoms with E-state index < -0.39 is 21.9 Å². The molecule has 0 bridgehead atoms. The van der Waals surface area contributed by atoms with Crippen LogP contribution in [0.15, 0.2) is 48.5 Å². The number of ether oxygens (including phenoxy) is 1. The van der Waals surface area contributed by atoms with Crippen LogP contribution in [0.25, 0.3) is 0 Å². The topological polar surface area (TPSA) is 70.2 Å². The fourth-order valence-corrected chi connectivity index (χ4v) is 5.08. The average Bonchev–Trinajstić information content (AvgIpc) is 2.86. The number of halogens is 1. The number of nitrogens with zero attached hydrogens (tertiary/aromatic N) is 3. The summed E-state index contributed by atoms with van der Waals surface area (Å²) in [6.45, 7) is 5.98. The maximum absolute atomic E-state index is 13.4. The van der Waals surface area contributed by atoms with Gasteiger partial charge in [-0.05, 0) is 57.5 Å². The third-order valence-electron chi connectivity index (χ3n) is 4.48. The smallest absolute Gasteiger partial charge is 0.410 e. The molecule has 0 fully saturated rings. The summed E-state index contributed by atoms with van der Waals surface area (Å²) >= 11 is 6.15. The Labute approximate surface area is 183 Å². The molecule has 0 radical (unpaired) electrons. The summed E-state index contributed by atoms with van der Waals surface area (Å²) in [4.78, 5) is 13.6. The van der Waals surface area contributed by atoms with Gasteiger partial charge in [0.1, 0.15) is 5.60 Å². The van der Waals surface area contributed by atoms with Gasteiger partial charge in [-0.1, -0.05) is 29.8 Å². The van der Waals surface area contributed by atoms with E-state index in [4.69, 9.17) is 16.3 Å². The number of rotatable bonds is 5. The summed E-state index contributed by atoms with van der Waals surface area (Å²) in [7, 11) is -2.20. The highest BCUT2D eigenvalue weighted by Gasteiger charge is 2.41. The highest BCUT2D eigenvalue weighted by atomic mass is 35.5. The molecule has 30 heavy (non-hydrogen) atoms. The minimum atomic E-state index is -3.83. The summed E-state index contributed by atoms with van der Waals surface area (Å²) in [5.41, 5.74) is 1.02. The summed E-state index contributed by atoms with van der Waals surface area (Å²) in [5.74, 6) is 0. The number of fused-ring (bicyclic) bond motifs is 1. The van der Waals surface area contributed by atoms with Gasteiger partial charge < -0.3 is 9.64 Å². The van der Waals surface area contributed by atoms with Crippen molar-refractivity contribution in [3.05, 3.63) is 53.6 Å². The molecule has 3 rings (SSSR count). The molecule has 2 aromatic rings. The van der Waals surface area contributed by atoms with Crippen molar-refractivity contribution in [2.75, 3.05) is 28.7 Å². The molecule has 0 aliphatic carbocycles. The Bertz CT molecular complexity index is 1020. The summed E-state index contributed by atoms with van der Waals surface area (Å²) in [6, 6.07) is 13.9. The first kappa shape index (κ1) is 22.2. The van der Waals surface area contributed by atoms with Gasteiger partial charge in [0.05, 0.1) is 17.1 Å². The van der Waals surface area contributed by atoms with Crippen LogP contribution in [0.2, 0.25) is 5.02 Å². The summed E-state index contributed by atoms with van der Waals surface area (Å²) < 4.78 is 34.7. The minimum absolute atomic E-state index is 0.216. The number of anilines is 3. The van der Waals surface area contributed by atoms with E-state index >= 15 is 0 Å². The molecule has 0 saturated carbocycles. The van der Waals surface area contributed by atoms with Gasteiger partial charge in [0, 0.05) is 25.2 Å². The lowest BCUT2D eigenvalue weighted by Gasteiger charge is -2.25. The standard InChI is InChI=1S/C21H26ClN3O4S/c1-21(2,3)29-20(26)23(4)13-8-14-24-18-12-11-16(22)15-19(18)25(30(24,27)28)17-9-6-5-7-10-17/h5-7,9-12,15H,8,13-14H2,1-4H3. The predicted molar refractivity (Wildman–Crippen MR) is 120 cm³/mol. The third-order valence-corrected chi connectivity index (χ3v) is 6.53. The Morgan fingerprint density at radius 1 is 1.10 bits per heavy atom. The van der Waals surface area contributed by atoms with Crippen LogP contribution in [-0.4, -0.2) is 45.1 Å². The van der Waals surface area contributed by atoms with Crippen molar-refractivity contribution in [1.29, 1.82) is 0 Å². The van der Waals surface area contributed by atoms with E-state index in [2.05, 4.69) is 0 Å². The molecule has 1 amide bonds. The van der Waals surface area contributed by atoms with E-state index in [0.717, 1.165) is 0 Å². The van der Waals surface area contributed by atoms with E-state index in [1.54, 1.807) is 70.3 Å². The molecule has 0 unspecified atom stereocenters. The average molecular weight is 452 g/mol. The Morgan fingerprint density at radius 2 is 1.77 bits per heavy atom. The van der Waals surface area contributed by atoms with Gasteiger partial charge in [-0.3, -0.25) is 4.31 Å². The Morgan fingerprint density at radius 3 is 2.40 bits per heavy atom. The highest BCUT2D eigenvalue weighted by molar-refractivity contribution is 7.95. The van der Waals surface area contributed by atoms with Crippen LogP contribution in [0.1, 0.15) is 27.2 Å². The molecular formula is C21H26ClN3O4S. The lowest BCUT2D eigenvalue weighted by Crippen LogP contribution is -2.38. The van der Waals surface area contributed by atoms with E-state index in [1.807, 2.05) is 6.07 Å². The van der Waals surface area contributed by atoms with Gasteiger partial charge in [0.15, 0.2) is 0 Å². The molecule has 162 valence electrons. The van der Waals surface area contributed by atoms with Crippen molar-refractivity contribution in [2.45, 2.75) is 32.8 Å². The zero-order chi connectivity index (χ0) is 22.1. The van der Waals surface area contributed by atoms with Crippen molar-refractivity contribution >= 4 is 45.0 Å².